The predicted octanol–water partition coefficient (Wildman–Crippen LogP) is 1.36. The number of piperidine rings is 1. The highest BCUT2D eigenvalue weighted by Crippen LogP contribution is 2.32. The van der Waals surface area contributed by atoms with Crippen molar-refractivity contribution in [1.82, 2.24) is 25.5 Å². The molecule has 1 aliphatic heterocycles. The van der Waals surface area contributed by atoms with Crippen LogP contribution in [0.1, 0.15) is 12.8 Å². The number of pyridine rings is 1. The molecule has 4 rings (SSSR count). The molecule has 0 aromatic carbocycles. The lowest BCUT2D eigenvalue weighted by molar-refractivity contribution is -0.125. The number of aromatic nitrogens is 4. The summed E-state index contributed by atoms with van der Waals surface area (Å²) >= 11 is 0. The average molecular weight is 335 g/mol. The van der Waals surface area contributed by atoms with Crippen molar-refractivity contribution < 1.29 is 4.79 Å². The Hall–Kier alpha value is -3.21. The number of carbonyl (C=O) groups excluding carboxylic acids is 1. The van der Waals surface area contributed by atoms with Crippen LogP contribution in [0.4, 0.5) is 5.82 Å². The van der Waals surface area contributed by atoms with E-state index in [1.165, 1.54) is 0 Å². The minimum absolute atomic E-state index is 0.0342. The molecule has 8 nitrogen and oxygen atoms in total. The molecule has 3 aromatic rings. The van der Waals surface area contributed by atoms with Crippen LogP contribution in [0.25, 0.3) is 21.8 Å². The first-order chi connectivity index (χ1) is 12.3. The SMILES string of the molecule is N#CCNC(=O)C1CCN(c2[nH]ncc3cnc4nccc4c23)CC1. The molecule has 3 aromatic heterocycles. The summed E-state index contributed by atoms with van der Waals surface area (Å²) in [6.07, 6.45) is 6.80. The van der Waals surface area contributed by atoms with E-state index in [-0.39, 0.29) is 18.4 Å². The molecule has 1 amide bonds. The smallest absolute Gasteiger partial charge is 0.224 e. The van der Waals surface area contributed by atoms with Crippen molar-refractivity contribution in [2.24, 2.45) is 5.92 Å². The molecule has 1 saturated heterocycles. The van der Waals surface area contributed by atoms with Gasteiger partial charge in [-0.2, -0.15) is 10.4 Å². The number of rotatable bonds is 3. The molecule has 0 aliphatic carbocycles. The van der Waals surface area contributed by atoms with E-state index in [2.05, 4.69) is 30.4 Å². The average Bonchev–Trinajstić information content (AvgIpc) is 3.15. The second-order valence-electron chi connectivity index (χ2n) is 6.13. The largest absolute Gasteiger partial charge is 0.356 e. The van der Waals surface area contributed by atoms with Crippen molar-refractivity contribution in [3.63, 3.8) is 0 Å². The first-order valence-electron chi connectivity index (χ1n) is 8.24. The maximum atomic E-state index is 12.0. The van der Waals surface area contributed by atoms with Gasteiger partial charge in [-0.25, -0.2) is 9.97 Å². The predicted molar refractivity (Wildman–Crippen MR) is 92.7 cm³/mol. The first kappa shape index (κ1) is 15.3. The minimum atomic E-state index is -0.0465. The molecule has 2 N–H and O–H groups in total. The van der Waals surface area contributed by atoms with Crippen LogP contribution < -0.4 is 10.2 Å². The fourth-order valence-corrected chi connectivity index (χ4v) is 3.42. The lowest BCUT2D eigenvalue weighted by Crippen LogP contribution is -2.41. The molecule has 0 atom stereocenters. The van der Waals surface area contributed by atoms with Crippen molar-refractivity contribution >= 4 is 33.5 Å². The van der Waals surface area contributed by atoms with Crippen LogP contribution in [0.3, 0.4) is 0 Å². The van der Waals surface area contributed by atoms with Crippen LogP contribution in [0.2, 0.25) is 0 Å². The van der Waals surface area contributed by atoms with Gasteiger partial charge in [-0.3, -0.25) is 9.89 Å². The topological polar surface area (TPSA) is 111 Å². The highest BCUT2D eigenvalue weighted by Gasteiger charge is 2.26. The summed E-state index contributed by atoms with van der Waals surface area (Å²) in [6.45, 7) is 1.56. The number of nitrogens with one attached hydrogen (secondary N) is 2. The summed E-state index contributed by atoms with van der Waals surface area (Å²) in [6, 6.07) is 3.90. The van der Waals surface area contributed by atoms with E-state index < -0.39 is 0 Å². The Morgan fingerprint density at radius 3 is 3.00 bits per heavy atom. The van der Waals surface area contributed by atoms with Crippen molar-refractivity contribution in [2.75, 3.05) is 24.5 Å². The molecule has 1 fully saturated rings. The molecule has 126 valence electrons. The van der Waals surface area contributed by atoms with E-state index in [1.807, 2.05) is 12.1 Å². The maximum Gasteiger partial charge on any atom is 0.224 e. The molecular formula is C17H17N7O. The summed E-state index contributed by atoms with van der Waals surface area (Å²) < 4.78 is 0. The lowest BCUT2D eigenvalue weighted by Gasteiger charge is -2.33. The van der Waals surface area contributed by atoms with Crippen molar-refractivity contribution in [1.29, 1.82) is 5.26 Å². The maximum absolute atomic E-state index is 12.0. The third kappa shape index (κ3) is 2.74. The van der Waals surface area contributed by atoms with E-state index in [1.54, 1.807) is 18.6 Å². The van der Waals surface area contributed by atoms with Crippen LogP contribution in [0.15, 0.2) is 24.7 Å². The summed E-state index contributed by atoms with van der Waals surface area (Å²) in [5.41, 5.74) is 0.721. The third-order valence-corrected chi connectivity index (χ3v) is 4.70. The molecule has 1 aliphatic rings. The summed E-state index contributed by atoms with van der Waals surface area (Å²) in [5, 5.41) is 21.6. The zero-order valence-electron chi connectivity index (χ0n) is 13.6. The van der Waals surface area contributed by atoms with Crippen molar-refractivity contribution in [3.8, 4) is 6.07 Å². The van der Waals surface area contributed by atoms with Crippen molar-refractivity contribution in [2.45, 2.75) is 12.8 Å². The van der Waals surface area contributed by atoms with E-state index >= 15 is 0 Å². The zero-order chi connectivity index (χ0) is 17.2. The standard InChI is InChI=1S/C17H17N7O/c18-4-6-20-17(25)11-2-7-24(8-3-11)16-14-12(10-22-23-16)9-21-15-13(14)1-5-19-15/h1,5,9-11,23H,2-3,6-8H2,(H,20,25). The van der Waals surface area contributed by atoms with Crippen molar-refractivity contribution in [3.05, 3.63) is 24.7 Å². The Kier molecular flexibility index (Phi) is 3.90. The zero-order valence-corrected chi connectivity index (χ0v) is 13.6. The molecule has 4 heterocycles. The molecular weight excluding hydrogens is 318 g/mol. The van der Waals surface area contributed by atoms with Gasteiger partial charge in [0.25, 0.3) is 0 Å². The summed E-state index contributed by atoms with van der Waals surface area (Å²) in [7, 11) is 0. The van der Waals surface area contributed by atoms with Crippen LogP contribution in [-0.4, -0.2) is 45.7 Å². The third-order valence-electron chi connectivity index (χ3n) is 4.70. The van der Waals surface area contributed by atoms with Crippen LogP contribution in [0, 0.1) is 17.2 Å². The molecule has 8 heteroatoms. The van der Waals surface area contributed by atoms with Gasteiger partial charge in [0, 0.05) is 47.6 Å². The van der Waals surface area contributed by atoms with Gasteiger partial charge in [0.2, 0.25) is 5.91 Å². The Morgan fingerprint density at radius 1 is 1.36 bits per heavy atom. The van der Waals surface area contributed by atoms with E-state index in [0.717, 1.165) is 53.6 Å². The van der Waals surface area contributed by atoms with Crippen LogP contribution in [0.5, 0.6) is 0 Å². The van der Waals surface area contributed by atoms with Gasteiger partial charge in [-0.05, 0) is 18.9 Å². The number of carbonyl (C=O) groups is 1. The normalized spacial score (nSPS) is 15.4. The number of nitriles is 1. The lowest BCUT2D eigenvalue weighted by atomic mass is 9.95. The van der Waals surface area contributed by atoms with Gasteiger partial charge in [0.15, 0.2) is 5.65 Å². The Morgan fingerprint density at radius 2 is 2.20 bits per heavy atom. The van der Waals surface area contributed by atoms with Gasteiger partial charge in [0.05, 0.1) is 12.3 Å². The number of fused-ring (bicyclic) bond motifs is 3. The molecule has 0 bridgehead atoms. The molecule has 0 saturated carbocycles. The van der Waals surface area contributed by atoms with E-state index in [4.69, 9.17) is 5.26 Å². The number of amides is 1. The number of anilines is 1. The summed E-state index contributed by atoms with van der Waals surface area (Å²) in [4.78, 5) is 22.9. The highest BCUT2D eigenvalue weighted by molar-refractivity contribution is 6.09. The second-order valence-corrected chi connectivity index (χ2v) is 6.13. The molecule has 0 radical (unpaired) electrons. The Labute approximate surface area is 143 Å². The number of H-pyrrole nitrogens is 1. The first-order valence-corrected chi connectivity index (χ1v) is 8.24. The van der Waals surface area contributed by atoms with E-state index in [0.29, 0.717) is 0 Å². The van der Waals surface area contributed by atoms with E-state index in [9.17, 15) is 4.79 Å². The van der Waals surface area contributed by atoms with Gasteiger partial charge < -0.3 is 10.2 Å². The Balaban J connectivity index is 1.60. The second kappa shape index (κ2) is 6.36. The van der Waals surface area contributed by atoms with Gasteiger partial charge >= 0.3 is 0 Å². The van der Waals surface area contributed by atoms with Gasteiger partial charge in [-0.15, -0.1) is 0 Å². The van der Waals surface area contributed by atoms with Gasteiger partial charge in [-0.1, -0.05) is 0 Å². The number of nitrogens with zero attached hydrogens (tertiary/aromatic N) is 5. The number of hydrogen-bond acceptors (Lipinski definition) is 6. The minimum Gasteiger partial charge on any atom is -0.356 e. The molecule has 0 spiro atoms. The quantitative estimate of drug-likeness (QED) is 0.699. The molecule has 25 heavy (non-hydrogen) atoms. The summed E-state index contributed by atoms with van der Waals surface area (Å²) in [5.74, 6) is 0.858. The fraction of sp³-hybridized carbons (Fsp3) is 0.353. The fourth-order valence-electron chi connectivity index (χ4n) is 3.42. The molecule has 0 unspecified atom stereocenters. The number of aromatic amines is 1. The Bertz CT molecular complexity index is 966. The number of hydrogen-bond donors (Lipinski definition) is 2. The van der Waals surface area contributed by atoms with Crippen LogP contribution >= 0.6 is 0 Å². The monoisotopic (exact) mass is 335 g/mol. The van der Waals surface area contributed by atoms with Gasteiger partial charge in [0.1, 0.15) is 12.4 Å². The van der Waals surface area contributed by atoms with Crippen LogP contribution in [-0.2, 0) is 4.79 Å². The highest BCUT2D eigenvalue weighted by atomic mass is 16.1.